The minimum atomic E-state index is -0.333. The van der Waals surface area contributed by atoms with Crippen molar-refractivity contribution in [3.05, 3.63) is 137 Å². The van der Waals surface area contributed by atoms with Crippen LogP contribution in [-0.2, 0) is 24.4 Å². The molecule has 0 saturated heterocycles. The van der Waals surface area contributed by atoms with Crippen LogP contribution in [0.15, 0.2) is 115 Å². The minimum absolute atomic E-state index is 0.323. The molecule has 0 fully saturated rings. The van der Waals surface area contributed by atoms with Crippen molar-refractivity contribution in [2.75, 3.05) is 0 Å². The Hall–Kier alpha value is -2.87. The van der Waals surface area contributed by atoms with E-state index in [1.54, 1.807) is 0 Å². The van der Waals surface area contributed by atoms with Crippen LogP contribution >= 0.6 is 0 Å². The molecular formula is C33H36NTi. The molecule has 1 nitrogen and oxygen atoms in total. The molecule has 0 N–H and O–H groups in total. The van der Waals surface area contributed by atoms with E-state index in [0.29, 0.717) is 5.92 Å². The van der Waals surface area contributed by atoms with E-state index >= 15 is 0 Å². The first-order valence-electron chi connectivity index (χ1n) is 12.5. The Morgan fingerprint density at radius 1 is 0.657 bits per heavy atom. The Balaban J connectivity index is 0.000000672. The van der Waals surface area contributed by atoms with Gasteiger partial charge in [-0.2, -0.15) is 0 Å². The molecule has 1 unspecified atom stereocenters. The summed E-state index contributed by atoms with van der Waals surface area (Å²) in [4.78, 5) is 0. The summed E-state index contributed by atoms with van der Waals surface area (Å²) in [5.41, 5.74) is 11.0. The van der Waals surface area contributed by atoms with Gasteiger partial charge in [0.05, 0.1) is 0 Å². The molecule has 1 heterocycles. The third kappa shape index (κ3) is 5.86. The summed E-state index contributed by atoms with van der Waals surface area (Å²) in [6.45, 7) is 5.55. The zero-order chi connectivity index (χ0) is 24.8. The number of hydrogen-bond donors (Lipinski definition) is 0. The first-order valence-corrected chi connectivity index (χ1v) is 17.2. The quantitative estimate of drug-likeness (QED) is 0.244. The number of allylic oxidation sites excluding steroid dienone is 4. The Kier molecular flexibility index (Phi) is 8.44. The molecule has 0 bridgehead atoms. The predicted octanol–water partition coefficient (Wildman–Crippen LogP) is 9.32. The van der Waals surface area contributed by atoms with E-state index in [0.717, 1.165) is 6.54 Å². The summed E-state index contributed by atoms with van der Waals surface area (Å²) >= 11 is -0.333. The molecule has 1 aromatic heterocycles. The number of hydrogen-bond acceptors (Lipinski definition) is 0. The second-order valence-corrected chi connectivity index (χ2v) is 14.5. The van der Waals surface area contributed by atoms with Gasteiger partial charge in [0.15, 0.2) is 0 Å². The fraction of sp³-hybridized carbons (Fsp3) is 0.212. The van der Waals surface area contributed by atoms with Gasteiger partial charge in [-0.3, -0.25) is 0 Å². The van der Waals surface area contributed by atoms with Crippen molar-refractivity contribution in [2.45, 2.75) is 36.1 Å². The number of benzene rings is 3. The molecule has 5 rings (SSSR count). The Morgan fingerprint density at radius 2 is 1.17 bits per heavy atom. The van der Waals surface area contributed by atoms with Crippen molar-refractivity contribution in [1.82, 2.24) is 4.57 Å². The van der Waals surface area contributed by atoms with E-state index in [2.05, 4.69) is 144 Å². The average Bonchev–Trinajstić information content (AvgIpc) is 3.46. The molecule has 0 aliphatic heterocycles. The first kappa shape index (κ1) is 25.2. The van der Waals surface area contributed by atoms with Crippen molar-refractivity contribution in [1.29, 1.82) is 0 Å². The summed E-state index contributed by atoms with van der Waals surface area (Å²) in [6, 6.07) is 34.8. The van der Waals surface area contributed by atoms with Gasteiger partial charge in [-0.25, -0.2) is 0 Å². The van der Waals surface area contributed by atoms with Crippen molar-refractivity contribution in [2.24, 2.45) is 5.92 Å². The molecule has 0 amide bonds. The summed E-state index contributed by atoms with van der Waals surface area (Å²) < 4.78 is 2.25. The van der Waals surface area contributed by atoms with Gasteiger partial charge in [0, 0.05) is 24.9 Å². The maximum absolute atomic E-state index is 2.36. The SMILES string of the molecule is CC1=C(c2ccccc2Cn2cccc2)C(C)C(c2ccccc2)=C1c1ccccc1.[CH3][Ti]([CH3])[CH3]. The Bertz CT molecular complexity index is 1290. The zero-order valence-electron chi connectivity index (χ0n) is 21.6. The van der Waals surface area contributed by atoms with Crippen LogP contribution in [0.5, 0.6) is 0 Å². The van der Waals surface area contributed by atoms with E-state index < -0.39 is 0 Å². The molecule has 1 aliphatic rings. The van der Waals surface area contributed by atoms with Crippen LogP contribution in [0.3, 0.4) is 0 Å². The van der Waals surface area contributed by atoms with Crippen LogP contribution in [0.1, 0.15) is 36.1 Å². The summed E-state index contributed by atoms with van der Waals surface area (Å²) in [6.07, 6.45) is 4.28. The van der Waals surface area contributed by atoms with Gasteiger partial charge in [0.1, 0.15) is 0 Å². The van der Waals surface area contributed by atoms with Gasteiger partial charge in [0.25, 0.3) is 0 Å². The number of nitrogens with zero attached hydrogens (tertiary/aromatic N) is 1. The fourth-order valence-electron chi connectivity index (χ4n) is 5.04. The topological polar surface area (TPSA) is 4.93 Å². The van der Waals surface area contributed by atoms with Gasteiger partial charge in [-0.1, -0.05) is 91.9 Å². The van der Waals surface area contributed by atoms with Crippen LogP contribution in [0.4, 0.5) is 0 Å². The van der Waals surface area contributed by atoms with Crippen LogP contribution in [0, 0.1) is 5.92 Å². The molecule has 1 atom stereocenters. The van der Waals surface area contributed by atoms with Crippen molar-refractivity contribution in [3.63, 3.8) is 0 Å². The molecule has 2 heteroatoms. The van der Waals surface area contributed by atoms with E-state index in [4.69, 9.17) is 0 Å². The van der Waals surface area contributed by atoms with Gasteiger partial charge >= 0.3 is 33.6 Å². The van der Waals surface area contributed by atoms with Crippen molar-refractivity contribution in [3.8, 4) is 0 Å². The molecule has 177 valence electrons. The Morgan fingerprint density at radius 3 is 1.77 bits per heavy atom. The van der Waals surface area contributed by atoms with Gasteiger partial charge in [0.2, 0.25) is 0 Å². The fourth-order valence-corrected chi connectivity index (χ4v) is 5.04. The monoisotopic (exact) mass is 494 g/mol. The van der Waals surface area contributed by atoms with E-state index in [-0.39, 0.29) is 17.9 Å². The third-order valence-electron chi connectivity index (χ3n) is 6.39. The maximum atomic E-state index is 2.36. The second-order valence-electron chi connectivity index (χ2n) is 9.79. The molecule has 0 spiro atoms. The van der Waals surface area contributed by atoms with Crippen LogP contribution in [0.2, 0.25) is 15.7 Å². The normalized spacial score (nSPS) is 15.2. The first-order chi connectivity index (χ1) is 17.0. The molecular weight excluding hydrogens is 458 g/mol. The molecule has 3 aromatic carbocycles. The van der Waals surface area contributed by atoms with Crippen molar-refractivity contribution < 1.29 is 17.9 Å². The molecule has 35 heavy (non-hydrogen) atoms. The zero-order valence-corrected chi connectivity index (χ0v) is 23.2. The van der Waals surface area contributed by atoms with E-state index in [1.807, 2.05) is 0 Å². The third-order valence-corrected chi connectivity index (χ3v) is 6.39. The van der Waals surface area contributed by atoms with Crippen LogP contribution in [-0.4, -0.2) is 4.57 Å². The van der Waals surface area contributed by atoms with Crippen LogP contribution in [0.25, 0.3) is 16.7 Å². The number of aromatic nitrogens is 1. The van der Waals surface area contributed by atoms with Gasteiger partial charge in [-0.15, -0.1) is 0 Å². The molecule has 4 aromatic rings. The van der Waals surface area contributed by atoms with E-state index in [1.165, 1.54) is 44.5 Å². The summed E-state index contributed by atoms with van der Waals surface area (Å²) in [5, 5.41) is 7.00. The van der Waals surface area contributed by atoms with Gasteiger partial charge in [-0.05, 0) is 63.6 Å². The Labute approximate surface area is 217 Å². The van der Waals surface area contributed by atoms with Gasteiger partial charge < -0.3 is 4.57 Å². The standard InChI is InChI=1S/C30H27N.3CH3.Ti/c1-22-28(27-18-10-9-17-26(27)21-31-19-11-12-20-31)23(2)30(25-15-7-4-8-16-25)29(22)24-13-5-3-6-14-24;;;;/h3-20,22H,21H2,1-2H3;3*1H3;. The number of rotatable bonds is 5. The van der Waals surface area contributed by atoms with E-state index in [9.17, 15) is 0 Å². The summed E-state index contributed by atoms with van der Waals surface area (Å²) in [7, 11) is 0. The van der Waals surface area contributed by atoms with Crippen LogP contribution < -0.4 is 0 Å². The predicted molar refractivity (Wildman–Crippen MR) is 149 cm³/mol. The molecule has 0 radical (unpaired) electrons. The molecule has 1 aliphatic carbocycles. The average molecular weight is 495 g/mol. The van der Waals surface area contributed by atoms with Crippen molar-refractivity contribution >= 4 is 16.7 Å². The second kappa shape index (κ2) is 11.7. The molecule has 0 saturated carbocycles. The summed E-state index contributed by atoms with van der Waals surface area (Å²) in [5.74, 6) is 0.323.